The summed E-state index contributed by atoms with van der Waals surface area (Å²) < 4.78 is 12.4. The number of rotatable bonds is 42. The molecule has 0 rings (SSSR count). The highest BCUT2D eigenvalue weighted by Gasteiger charge is 2.39. The Bertz CT molecular complexity index is 763. The van der Waals surface area contributed by atoms with E-state index in [2.05, 4.69) is 60.7 Å². The summed E-state index contributed by atoms with van der Waals surface area (Å²) in [6, 6.07) is 0. The van der Waals surface area contributed by atoms with Crippen molar-refractivity contribution in [1.29, 1.82) is 0 Å². The number of unbranched alkanes of at least 4 members (excludes halogenated alkanes) is 30. The summed E-state index contributed by atoms with van der Waals surface area (Å²) in [5.74, 6) is 0.557. The molecule has 0 fully saturated rings. The van der Waals surface area contributed by atoms with Gasteiger partial charge in [-0.3, -0.25) is 4.79 Å². The molecule has 53 heavy (non-hydrogen) atoms. The predicted molar refractivity (Wildman–Crippen MR) is 235 cm³/mol. The van der Waals surface area contributed by atoms with Gasteiger partial charge in [0.15, 0.2) is 6.10 Å². The smallest absolute Gasteiger partial charge is 0.251 e. The number of hydrogen-bond acceptors (Lipinski definition) is 3. The Morgan fingerprint density at radius 1 is 0.472 bits per heavy atom. The van der Waals surface area contributed by atoms with Gasteiger partial charge >= 0.3 is 0 Å². The minimum atomic E-state index is -0.540. The van der Waals surface area contributed by atoms with E-state index in [9.17, 15) is 4.79 Å². The third-order valence-corrected chi connectivity index (χ3v) is 12.1. The molecule has 0 radical (unpaired) electrons. The Balaban J connectivity index is 4.24. The number of carbonyl (C=O) groups is 1. The Hall–Kier alpha value is -0.610. The molecule has 1 amide bonds. The monoisotopic (exact) mass is 750 g/mol. The Kier molecular flexibility index (Phi) is 36.6. The molecular weight excluding hydrogens is 651 g/mol. The van der Waals surface area contributed by atoms with E-state index in [4.69, 9.17) is 9.47 Å². The SMILES string of the molecule is CCCCCCCCCCCCCCCCCCOCC(OCCCCCCCCCCCCCCCCCC)C(=O)NC(C)(C)C(C)(C)CC(C)C. The van der Waals surface area contributed by atoms with Crippen molar-refractivity contribution in [2.75, 3.05) is 19.8 Å². The molecule has 0 aliphatic carbocycles. The lowest BCUT2D eigenvalue weighted by Crippen LogP contribution is -2.57. The van der Waals surface area contributed by atoms with Crippen LogP contribution in [0.15, 0.2) is 0 Å². The van der Waals surface area contributed by atoms with Crippen molar-refractivity contribution >= 4 is 5.91 Å². The molecule has 0 saturated carbocycles. The first kappa shape index (κ1) is 52.4. The number of ether oxygens (including phenoxy) is 2. The highest BCUT2D eigenvalue weighted by Crippen LogP contribution is 2.37. The van der Waals surface area contributed by atoms with Crippen LogP contribution in [0.2, 0.25) is 0 Å². The highest BCUT2D eigenvalue weighted by atomic mass is 16.5. The van der Waals surface area contributed by atoms with Gasteiger partial charge in [-0.05, 0) is 44.4 Å². The Labute approximate surface area is 334 Å². The van der Waals surface area contributed by atoms with Crippen LogP contribution in [-0.4, -0.2) is 37.4 Å². The molecule has 0 bridgehead atoms. The second kappa shape index (κ2) is 37.0. The Morgan fingerprint density at radius 2 is 0.774 bits per heavy atom. The number of nitrogens with one attached hydrogen (secondary N) is 1. The molecule has 0 aromatic rings. The van der Waals surface area contributed by atoms with Gasteiger partial charge in [0.2, 0.25) is 0 Å². The maximum absolute atomic E-state index is 13.6. The molecule has 0 aliphatic rings. The largest absolute Gasteiger partial charge is 0.378 e. The minimum Gasteiger partial charge on any atom is -0.378 e. The predicted octanol–water partition coefficient (Wildman–Crippen LogP) is 15.9. The first-order valence-corrected chi connectivity index (χ1v) is 24.1. The lowest BCUT2D eigenvalue weighted by Gasteiger charge is -2.44. The van der Waals surface area contributed by atoms with Gasteiger partial charge < -0.3 is 14.8 Å². The van der Waals surface area contributed by atoms with Gasteiger partial charge in [0.25, 0.3) is 5.91 Å². The van der Waals surface area contributed by atoms with Gasteiger partial charge in [0, 0.05) is 18.8 Å². The molecule has 1 atom stereocenters. The molecule has 0 saturated heterocycles. The van der Waals surface area contributed by atoms with Gasteiger partial charge in [0.1, 0.15) is 0 Å². The van der Waals surface area contributed by atoms with Crippen LogP contribution >= 0.6 is 0 Å². The normalized spacial score (nSPS) is 12.9. The van der Waals surface area contributed by atoms with E-state index in [1.54, 1.807) is 0 Å². The molecule has 318 valence electrons. The maximum atomic E-state index is 13.6. The van der Waals surface area contributed by atoms with E-state index in [1.165, 1.54) is 193 Å². The third-order valence-electron chi connectivity index (χ3n) is 12.1. The molecule has 0 spiro atoms. The van der Waals surface area contributed by atoms with E-state index >= 15 is 0 Å². The van der Waals surface area contributed by atoms with Gasteiger partial charge in [-0.2, -0.15) is 0 Å². The summed E-state index contributed by atoms with van der Waals surface area (Å²) in [6.07, 6.45) is 44.1. The van der Waals surface area contributed by atoms with Crippen LogP contribution in [0.1, 0.15) is 267 Å². The zero-order valence-corrected chi connectivity index (χ0v) is 37.8. The number of hydrogen-bond donors (Lipinski definition) is 1. The van der Waals surface area contributed by atoms with Crippen LogP contribution < -0.4 is 5.32 Å². The summed E-state index contributed by atoms with van der Waals surface area (Å²) in [6.45, 7) is 19.7. The summed E-state index contributed by atoms with van der Waals surface area (Å²) in [5, 5.41) is 3.37. The lowest BCUT2D eigenvalue weighted by molar-refractivity contribution is -0.140. The molecule has 4 heteroatoms. The average molecular weight is 750 g/mol. The fourth-order valence-electron chi connectivity index (χ4n) is 7.85. The first-order chi connectivity index (χ1) is 25.6. The zero-order chi connectivity index (χ0) is 39.3. The summed E-state index contributed by atoms with van der Waals surface area (Å²) >= 11 is 0. The summed E-state index contributed by atoms with van der Waals surface area (Å²) in [5.41, 5.74) is -0.359. The van der Waals surface area contributed by atoms with Crippen LogP contribution in [0.5, 0.6) is 0 Å². The van der Waals surface area contributed by atoms with E-state index in [0.717, 1.165) is 19.3 Å². The molecule has 4 nitrogen and oxygen atoms in total. The molecule has 1 unspecified atom stereocenters. The van der Waals surface area contributed by atoms with Crippen LogP contribution in [0.3, 0.4) is 0 Å². The number of amides is 1. The second-order valence-electron chi connectivity index (χ2n) is 18.6. The van der Waals surface area contributed by atoms with E-state index in [0.29, 0.717) is 25.7 Å². The van der Waals surface area contributed by atoms with Crippen LogP contribution in [0.4, 0.5) is 0 Å². The van der Waals surface area contributed by atoms with Gasteiger partial charge in [-0.15, -0.1) is 0 Å². The van der Waals surface area contributed by atoms with Crippen molar-refractivity contribution in [2.45, 2.75) is 279 Å². The summed E-state index contributed by atoms with van der Waals surface area (Å²) in [7, 11) is 0. The standard InChI is InChI=1S/C49H99NO3/c1-9-11-13-15-17-19-21-23-25-27-29-31-33-35-37-39-41-52-44-46(47(51)50-49(7,8)48(5,6)43-45(3)4)53-42-40-38-36-34-32-30-28-26-24-22-20-18-16-14-12-10-2/h45-46H,9-44H2,1-8H3,(H,50,51). The summed E-state index contributed by atoms with van der Waals surface area (Å²) in [4.78, 5) is 13.6. The zero-order valence-electron chi connectivity index (χ0n) is 37.8. The second-order valence-corrected chi connectivity index (χ2v) is 18.6. The van der Waals surface area contributed by atoms with Gasteiger partial charge in [0.05, 0.1) is 6.61 Å². The van der Waals surface area contributed by atoms with E-state index in [1.807, 2.05) is 0 Å². The van der Waals surface area contributed by atoms with Gasteiger partial charge in [-0.25, -0.2) is 0 Å². The van der Waals surface area contributed by atoms with E-state index < -0.39 is 6.10 Å². The van der Waals surface area contributed by atoms with Crippen molar-refractivity contribution in [1.82, 2.24) is 5.32 Å². The van der Waals surface area contributed by atoms with Crippen molar-refractivity contribution in [3.05, 3.63) is 0 Å². The van der Waals surface area contributed by atoms with Crippen molar-refractivity contribution in [2.24, 2.45) is 11.3 Å². The quantitative estimate of drug-likeness (QED) is 0.0632. The van der Waals surface area contributed by atoms with E-state index in [-0.39, 0.29) is 16.9 Å². The van der Waals surface area contributed by atoms with Crippen molar-refractivity contribution < 1.29 is 14.3 Å². The topological polar surface area (TPSA) is 47.6 Å². The van der Waals surface area contributed by atoms with Crippen molar-refractivity contribution in [3.63, 3.8) is 0 Å². The van der Waals surface area contributed by atoms with Crippen LogP contribution in [0.25, 0.3) is 0 Å². The molecule has 0 heterocycles. The fraction of sp³-hybridized carbons (Fsp3) is 0.980. The maximum Gasteiger partial charge on any atom is 0.251 e. The Morgan fingerprint density at radius 3 is 1.09 bits per heavy atom. The van der Waals surface area contributed by atoms with Crippen molar-refractivity contribution in [3.8, 4) is 0 Å². The molecule has 0 aliphatic heterocycles. The number of carbonyl (C=O) groups excluding carboxylic acids is 1. The highest BCUT2D eigenvalue weighted by molar-refractivity contribution is 5.81. The van der Waals surface area contributed by atoms with Gasteiger partial charge in [-0.1, -0.05) is 234 Å². The minimum absolute atomic E-state index is 0.0182. The first-order valence-electron chi connectivity index (χ1n) is 24.1. The molecule has 0 aromatic heterocycles. The third kappa shape index (κ3) is 33.3. The average Bonchev–Trinajstić information content (AvgIpc) is 3.10. The molecule has 0 aromatic carbocycles. The lowest BCUT2D eigenvalue weighted by atomic mass is 9.69. The van der Waals surface area contributed by atoms with Crippen LogP contribution in [-0.2, 0) is 14.3 Å². The fourth-order valence-corrected chi connectivity index (χ4v) is 7.85. The molecular formula is C49H99NO3. The molecule has 1 N–H and O–H groups in total. The van der Waals surface area contributed by atoms with Crippen LogP contribution in [0, 0.1) is 11.3 Å².